The Morgan fingerprint density at radius 1 is 1.67 bits per heavy atom. The molecular formula is C10H11BrClNO2. The summed E-state index contributed by atoms with van der Waals surface area (Å²) in [6.45, 7) is 1.82. The van der Waals surface area contributed by atoms with Crippen LogP contribution in [-0.2, 0) is 11.2 Å². The van der Waals surface area contributed by atoms with Gasteiger partial charge in [-0.1, -0.05) is 27.5 Å². The van der Waals surface area contributed by atoms with Gasteiger partial charge in [0.15, 0.2) is 0 Å². The molecule has 0 spiro atoms. The highest BCUT2D eigenvalue weighted by molar-refractivity contribution is 9.09. The van der Waals surface area contributed by atoms with Crippen molar-refractivity contribution in [3.05, 3.63) is 28.0 Å². The molecule has 0 atom stereocenters. The van der Waals surface area contributed by atoms with Crippen LogP contribution in [0.5, 0.6) is 0 Å². The molecule has 1 aromatic rings. The second-order valence-electron chi connectivity index (χ2n) is 3.01. The zero-order chi connectivity index (χ0) is 11.4. The van der Waals surface area contributed by atoms with Gasteiger partial charge in [-0.05, 0) is 18.6 Å². The summed E-state index contributed by atoms with van der Waals surface area (Å²) in [6, 6.07) is 1.66. The van der Waals surface area contributed by atoms with Crippen LogP contribution in [0, 0.1) is 6.92 Å². The first kappa shape index (κ1) is 12.5. The molecule has 0 unspecified atom stereocenters. The van der Waals surface area contributed by atoms with E-state index in [1.54, 1.807) is 6.07 Å². The second-order valence-corrected chi connectivity index (χ2v) is 4.19. The third-order valence-corrected chi connectivity index (χ3v) is 2.57. The molecule has 0 aliphatic heterocycles. The second kappa shape index (κ2) is 5.47. The molecule has 1 aromatic heterocycles. The number of rotatable bonds is 3. The molecule has 0 aromatic carbocycles. The van der Waals surface area contributed by atoms with Crippen LogP contribution in [0.4, 0.5) is 0 Å². The summed E-state index contributed by atoms with van der Waals surface area (Å²) in [5.74, 6) is -0.368. The molecule has 1 rings (SSSR count). The van der Waals surface area contributed by atoms with Crippen LogP contribution in [0.25, 0.3) is 0 Å². The Labute approximate surface area is 102 Å². The molecular weight excluding hydrogens is 281 g/mol. The number of aromatic nitrogens is 1. The van der Waals surface area contributed by atoms with Gasteiger partial charge in [0.05, 0.1) is 18.4 Å². The summed E-state index contributed by atoms with van der Waals surface area (Å²) in [6.07, 6.45) is 0.645. The summed E-state index contributed by atoms with van der Waals surface area (Å²) >= 11 is 9.13. The van der Waals surface area contributed by atoms with Crippen LogP contribution in [0.15, 0.2) is 6.07 Å². The highest BCUT2D eigenvalue weighted by Crippen LogP contribution is 2.19. The maximum absolute atomic E-state index is 11.5. The SMILES string of the molecule is COC(=O)c1c(C)cc(Cl)nc1CCBr. The van der Waals surface area contributed by atoms with Gasteiger partial charge in [-0.15, -0.1) is 0 Å². The van der Waals surface area contributed by atoms with Crippen LogP contribution in [-0.4, -0.2) is 23.4 Å². The summed E-state index contributed by atoms with van der Waals surface area (Å²) in [5, 5.41) is 1.13. The Kier molecular flexibility index (Phi) is 4.54. The lowest BCUT2D eigenvalue weighted by molar-refractivity contribution is 0.0598. The fourth-order valence-electron chi connectivity index (χ4n) is 1.35. The molecule has 0 fully saturated rings. The quantitative estimate of drug-likeness (QED) is 0.488. The van der Waals surface area contributed by atoms with Crippen LogP contribution in [0.2, 0.25) is 5.15 Å². The Morgan fingerprint density at radius 3 is 2.87 bits per heavy atom. The summed E-state index contributed by atoms with van der Waals surface area (Å²) < 4.78 is 4.71. The molecule has 0 aliphatic carbocycles. The average Bonchev–Trinajstić information content (AvgIpc) is 2.16. The van der Waals surface area contributed by atoms with Crippen molar-refractivity contribution in [1.82, 2.24) is 4.98 Å². The molecule has 0 amide bonds. The van der Waals surface area contributed by atoms with E-state index in [1.165, 1.54) is 7.11 Å². The number of aryl methyl sites for hydroxylation is 2. The fourth-order valence-corrected chi connectivity index (χ4v) is 1.99. The lowest BCUT2D eigenvalue weighted by atomic mass is 10.1. The van der Waals surface area contributed by atoms with Gasteiger partial charge in [-0.3, -0.25) is 0 Å². The molecule has 0 saturated carbocycles. The van der Waals surface area contributed by atoms with Gasteiger partial charge in [-0.2, -0.15) is 0 Å². The van der Waals surface area contributed by atoms with E-state index >= 15 is 0 Å². The minimum absolute atomic E-state index is 0.368. The topological polar surface area (TPSA) is 39.2 Å². The van der Waals surface area contributed by atoms with Gasteiger partial charge in [0.1, 0.15) is 5.15 Å². The van der Waals surface area contributed by atoms with E-state index in [4.69, 9.17) is 16.3 Å². The highest BCUT2D eigenvalue weighted by atomic mass is 79.9. The Balaban J connectivity index is 3.26. The van der Waals surface area contributed by atoms with E-state index in [9.17, 15) is 4.79 Å². The number of alkyl halides is 1. The number of halogens is 2. The van der Waals surface area contributed by atoms with E-state index in [0.717, 1.165) is 10.9 Å². The van der Waals surface area contributed by atoms with Gasteiger partial charge in [0.2, 0.25) is 0 Å². The van der Waals surface area contributed by atoms with Crippen LogP contribution < -0.4 is 0 Å². The number of esters is 1. The van der Waals surface area contributed by atoms with Crippen LogP contribution in [0.3, 0.4) is 0 Å². The number of hydrogen-bond donors (Lipinski definition) is 0. The number of ether oxygens (including phenoxy) is 1. The van der Waals surface area contributed by atoms with E-state index in [2.05, 4.69) is 20.9 Å². The molecule has 0 radical (unpaired) electrons. The number of pyridine rings is 1. The van der Waals surface area contributed by atoms with Crippen molar-refractivity contribution in [1.29, 1.82) is 0 Å². The third-order valence-electron chi connectivity index (χ3n) is 1.98. The van der Waals surface area contributed by atoms with Crippen LogP contribution in [0.1, 0.15) is 21.6 Å². The molecule has 0 N–H and O–H groups in total. The Morgan fingerprint density at radius 2 is 2.33 bits per heavy atom. The standard InChI is InChI=1S/C10H11BrClNO2/c1-6-5-8(12)13-7(3-4-11)9(6)10(14)15-2/h5H,3-4H2,1-2H3. The molecule has 82 valence electrons. The Bertz CT molecular complexity index is 382. The van der Waals surface area contributed by atoms with E-state index < -0.39 is 0 Å². The fraction of sp³-hybridized carbons (Fsp3) is 0.400. The molecule has 15 heavy (non-hydrogen) atoms. The number of carbonyl (C=O) groups is 1. The van der Waals surface area contributed by atoms with E-state index in [1.807, 2.05) is 6.92 Å². The first-order valence-corrected chi connectivity index (χ1v) is 5.90. The predicted molar refractivity (Wildman–Crippen MR) is 62.8 cm³/mol. The lowest BCUT2D eigenvalue weighted by Crippen LogP contribution is -2.10. The normalized spacial score (nSPS) is 10.1. The van der Waals surface area contributed by atoms with Gasteiger partial charge < -0.3 is 4.74 Å². The van der Waals surface area contributed by atoms with Crippen molar-refractivity contribution in [3.8, 4) is 0 Å². The number of carbonyl (C=O) groups excluding carboxylic acids is 1. The van der Waals surface area contributed by atoms with Crippen molar-refractivity contribution in [3.63, 3.8) is 0 Å². The summed E-state index contributed by atoms with van der Waals surface area (Å²) in [5.41, 5.74) is 1.97. The van der Waals surface area contributed by atoms with Crippen molar-refractivity contribution < 1.29 is 9.53 Å². The zero-order valence-electron chi connectivity index (χ0n) is 8.51. The summed E-state index contributed by atoms with van der Waals surface area (Å²) in [4.78, 5) is 15.6. The van der Waals surface area contributed by atoms with Crippen molar-refractivity contribution in [2.75, 3.05) is 12.4 Å². The zero-order valence-corrected chi connectivity index (χ0v) is 10.9. The van der Waals surface area contributed by atoms with Crippen molar-refractivity contribution in [2.45, 2.75) is 13.3 Å². The van der Waals surface area contributed by atoms with E-state index in [0.29, 0.717) is 22.8 Å². The average molecular weight is 293 g/mol. The highest BCUT2D eigenvalue weighted by Gasteiger charge is 2.16. The third kappa shape index (κ3) is 2.92. The maximum Gasteiger partial charge on any atom is 0.339 e. The summed E-state index contributed by atoms with van der Waals surface area (Å²) in [7, 11) is 1.36. The van der Waals surface area contributed by atoms with E-state index in [-0.39, 0.29) is 5.97 Å². The molecule has 0 aliphatic rings. The molecule has 3 nitrogen and oxygen atoms in total. The smallest absolute Gasteiger partial charge is 0.339 e. The molecule has 5 heteroatoms. The van der Waals surface area contributed by atoms with Crippen molar-refractivity contribution >= 4 is 33.5 Å². The number of nitrogens with zero attached hydrogens (tertiary/aromatic N) is 1. The van der Waals surface area contributed by atoms with Crippen molar-refractivity contribution in [2.24, 2.45) is 0 Å². The molecule has 0 saturated heterocycles. The van der Waals surface area contributed by atoms with Gasteiger partial charge in [0.25, 0.3) is 0 Å². The molecule has 1 heterocycles. The minimum Gasteiger partial charge on any atom is -0.465 e. The first-order valence-electron chi connectivity index (χ1n) is 4.40. The maximum atomic E-state index is 11.5. The molecule has 0 bridgehead atoms. The Hall–Kier alpha value is -0.610. The number of methoxy groups -OCH3 is 1. The van der Waals surface area contributed by atoms with Gasteiger partial charge in [0, 0.05) is 11.8 Å². The van der Waals surface area contributed by atoms with Gasteiger partial charge >= 0.3 is 5.97 Å². The number of hydrogen-bond acceptors (Lipinski definition) is 3. The monoisotopic (exact) mass is 291 g/mol. The predicted octanol–water partition coefficient (Wildman–Crippen LogP) is 2.77. The lowest BCUT2D eigenvalue weighted by Gasteiger charge is -2.09. The largest absolute Gasteiger partial charge is 0.465 e. The van der Waals surface area contributed by atoms with Crippen LogP contribution >= 0.6 is 27.5 Å². The first-order chi connectivity index (χ1) is 7.10. The minimum atomic E-state index is -0.368. The van der Waals surface area contributed by atoms with Gasteiger partial charge in [-0.25, -0.2) is 9.78 Å².